The molecule has 3 rings (SSSR count). The van der Waals surface area contributed by atoms with Crippen LogP contribution in [0, 0.1) is 11.3 Å². The SMILES string of the molecule is CCCCC1(C)C(=[Si](C)C)C2=C(C=CC=C(C)C2C)[C]1(C1=CC=CC1)[Hf]([Cl])[Cl]. The van der Waals surface area contributed by atoms with E-state index >= 15 is 0 Å². The summed E-state index contributed by atoms with van der Waals surface area (Å²) < 4.78 is -0.130. The van der Waals surface area contributed by atoms with Gasteiger partial charge in [-0.25, -0.2) is 0 Å². The first-order chi connectivity index (χ1) is 13.2. The first-order valence-electron chi connectivity index (χ1n) is 10.6. The zero-order chi connectivity index (χ0) is 20.7. The van der Waals surface area contributed by atoms with Crippen LogP contribution in [0.5, 0.6) is 0 Å². The maximum atomic E-state index is 7.23. The molecule has 0 spiro atoms. The van der Waals surface area contributed by atoms with Gasteiger partial charge in [0.15, 0.2) is 0 Å². The molecule has 0 saturated heterocycles. The summed E-state index contributed by atoms with van der Waals surface area (Å²) in [6, 6.07) is 0. The standard InChI is InChI=1S/C24H33Si.2ClH.Hf/c1-7-8-16-24(4)22(19-13-9-10-14-19)20-15-11-12-17(2)18(3)21(20)23(24)25(5)6;;;/h9-13,15,18H,7-8,14,16H2,1-6H3;2*1H;/q;;;+2/p-2. The molecule has 4 heteroatoms. The Hall–Kier alpha value is 0.237. The number of hydrogen-bond acceptors (Lipinski definition) is 0. The fourth-order valence-corrected chi connectivity index (χ4v) is 21.1. The van der Waals surface area contributed by atoms with Crippen molar-refractivity contribution in [3.05, 3.63) is 58.7 Å². The van der Waals surface area contributed by atoms with Gasteiger partial charge in [-0.1, -0.05) is 0 Å². The van der Waals surface area contributed by atoms with Crippen LogP contribution in [0.4, 0.5) is 0 Å². The third-order valence-corrected chi connectivity index (χ3v) is 19.8. The van der Waals surface area contributed by atoms with E-state index in [2.05, 4.69) is 77.2 Å². The monoisotopic (exact) mass is 599 g/mol. The molecule has 3 aliphatic rings. The van der Waals surface area contributed by atoms with E-state index in [0.29, 0.717) is 5.92 Å². The number of rotatable bonds is 5. The Bertz CT molecular complexity index is 839. The fourth-order valence-electron chi connectivity index (χ4n) is 5.80. The second kappa shape index (κ2) is 8.77. The summed E-state index contributed by atoms with van der Waals surface area (Å²) in [5, 5.41) is 1.73. The van der Waals surface area contributed by atoms with Gasteiger partial charge in [-0.15, -0.1) is 0 Å². The summed E-state index contributed by atoms with van der Waals surface area (Å²) in [5.41, 5.74) is 6.07. The summed E-state index contributed by atoms with van der Waals surface area (Å²) in [7, 11) is 13.8. The van der Waals surface area contributed by atoms with Gasteiger partial charge < -0.3 is 0 Å². The van der Waals surface area contributed by atoms with E-state index in [1.807, 2.05) is 0 Å². The fraction of sp³-hybridized carbons (Fsp3) is 0.542. The molecule has 0 nitrogen and oxygen atoms in total. The van der Waals surface area contributed by atoms with E-state index in [0.717, 1.165) is 6.42 Å². The van der Waals surface area contributed by atoms with Crippen LogP contribution in [-0.4, -0.2) is 13.6 Å². The number of unbranched alkanes of at least 4 members (excludes halogenated alkanes) is 1. The molecule has 151 valence electrons. The molecular formula is C24H33Cl2HfSi. The Morgan fingerprint density at radius 2 is 1.93 bits per heavy atom. The predicted octanol–water partition coefficient (Wildman–Crippen LogP) is 8.12. The van der Waals surface area contributed by atoms with Crippen LogP contribution in [0.3, 0.4) is 0 Å². The normalized spacial score (nSPS) is 31.7. The second-order valence-corrected chi connectivity index (χ2v) is 23.8. The Balaban J connectivity index is 2.42. The third kappa shape index (κ3) is 3.29. The molecule has 0 bridgehead atoms. The maximum absolute atomic E-state index is 7.23. The third-order valence-electron chi connectivity index (χ3n) is 7.15. The zero-order valence-corrected chi connectivity index (χ0v) is 24.2. The Kier molecular flexibility index (Phi) is 7.18. The van der Waals surface area contributed by atoms with Crippen molar-refractivity contribution in [1.29, 1.82) is 0 Å². The first-order valence-corrected chi connectivity index (χ1v) is 23.8. The predicted molar refractivity (Wildman–Crippen MR) is 125 cm³/mol. The van der Waals surface area contributed by atoms with Crippen molar-refractivity contribution < 1.29 is 19.1 Å². The van der Waals surface area contributed by atoms with Crippen molar-refractivity contribution in [3.8, 4) is 0 Å². The van der Waals surface area contributed by atoms with Gasteiger partial charge in [0.2, 0.25) is 0 Å². The summed E-state index contributed by atoms with van der Waals surface area (Å²) in [6.45, 7) is 14.4. The van der Waals surface area contributed by atoms with Crippen LogP contribution in [0.2, 0.25) is 16.3 Å². The summed E-state index contributed by atoms with van der Waals surface area (Å²) in [5.74, 6) is 0.441. The second-order valence-electron chi connectivity index (χ2n) is 8.96. The molecule has 0 N–H and O–H groups in total. The van der Waals surface area contributed by atoms with Crippen LogP contribution in [0.25, 0.3) is 0 Å². The molecule has 0 aromatic heterocycles. The summed E-state index contributed by atoms with van der Waals surface area (Å²) >= 11 is -3.00. The van der Waals surface area contributed by atoms with Gasteiger partial charge in [-0.05, 0) is 0 Å². The number of allylic oxidation sites excluding steroid dienone is 10. The van der Waals surface area contributed by atoms with Crippen molar-refractivity contribution in [1.82, 2.24) is 0 Å². The van der Waals surface area contributed by atoms with E-state index in [-0.39, 0.29) is 8.59 Å². The molecule has 0 aromatic carbocycles. The van der Waals surface area contributed by atoms with Gasteiger partial charge in [-0.2, -0.15) is 0 Å². The Morgan fingerprint density at radius 1 is 1.21 bits per heavy atom. The van der Waals surface area contributed by atoms with Gasteiger partial charge in [0.25, 0.3) is 0 Å². The van der Waals surface area contributed by atoms with Gasteiger partial charge in [0, 0.05) is 0 Å². The van der Waals surface area contributed by atoms with Crippen molar-refractivity contribution >= 4 is 30.7 Å². The molecule has 3 atom stereocenters. The molecule has 0 saturated carbocycles. The summed E-state index contributed by atoms with van der Waals surface area (Å²) in [6.07, 6.45) is 18.4. The van der Waals surface area contributed by atoms with Crippen molar-refractivity contribution in [2.45, 2.75) is 69.6 Å². The molecule has 0 amide bonds. The van der Waals surface area contributed by atoms with Gasteiger partial charge in [0.1, 0.15) is 0 Å². The van der Waals surface area contributed by atoms with E-state index in [4.69, 9.17) is 17.2 Å². The molecule has 0 radical (unpaired) electrons. The minimum absolute atomic E-state index is 0.0606. The molecule has 3 aliphatic carbocycles. The topological polar surface area (TPSA) is 0 Å². The molecule has 28 heavy (non-hydrogen) atoms. The van der Waals surface area contributed by atoms with Crippen LogP contribution in [-0.2, 0) is 19.1 Å². The molecule has 0 aliphatic heterocycles. The van der Waals surface area contributed by atoms with Gasteiger partial charge in [-0.3, -0.25) is 0 Å². The average molecular weight is 599 g/mol. The van der Waals surface area contributed by atoms with E-state index < -0.39 is 27.5 Å². The van der Waals surface area contributed by atoms with Crippen LogP contribution in [0.15, 0.2) is 58.7 Å². The molecular weight excluding hydrogens is 566 g/mol. The van der Waals surface area contributed by atoms with E-state index in [1.54, 1.807) is 10.7 Å². The molecule has 0 fully saturated rings. The summed E-state index contributed by atoms with van der Waals surface area (Å²) in [4.78, 5) is 0. The molecule has 0 aromatic rings. The Labute approximate surface area is 188 Å². The van der Waals surface area contributed by atoms with Crippen molar-refractivity contribution in [3.63, 3.8) is 0 Å². The van der Waals surface area contributed by atoms with Gasteiger partial charge >= 0.3 is 190 Å². The Morgan fingerprint density at radius 3 is 2.46 bits per heavy atom. The van der Waals surface area contributed by atoms with E-state index in [9.17, 15) is 0 Å². The molecule has 0 heterocycles. The zero-order valence-electron chi connectivity index (χ0n) is 18.1. The quantitative estimate of drug-likeness (QED) is 0.280. The number of hydrogen-bond donors (Lipinski definition) is 0. The molecule has 3 unspecified atom stereocenters. The van der Waals surface area contributed by atoms with Crippen molar-refractivity contribution in [2.24, 2.45) is 11.3 Å². The van der Waals surface area contributed by atoms with Crippen molar-refractivity contribution in [2.75, 3.05) is 0 Å². The van der Waals surface area contributed by atoms with Gasteiger partial charge in [0.05, 0.1) is 0 Å². The average Bonchev–Trinajstić information content (AvgIpc) is 3.19. The van der Waals surface area contributed by atoms with Crippen LogP contribution < -0.4 is 0 Å². The number of halogens is 2. The van der Waals surface area contributed by atoms with Crippen LogP contribution >= 0.6 is 17.2 Å². The first kappa shape index (κ1) is 22.9. The minimum atomic E-state index is -3.00. The van der Waals surface area contributed by atoms with E-state index in [1.165, 1.54) is 36.0 Å². The van der Waals surface area contributed by atoms with Crippen LogP contribution in [0.1, 0.15) is 53.4 Å².